The molecule has 0 bridgehead atoms. The Morgan fingerprint density at radius 2 is 2.14 bits per heavy atom. The van der Waals surface area contributed by atoms with E-state index >= 15 is 0 Å². The molecule has 2 aromatic rings. The third-order valence-corrected chi connectivity index (χ3v) is 3.04. The van der Waals surface area contributed by atoms with Gasteiger partial charge in [-0.15, -0.1) is 4.79 Å². The molecule has 0 radical (unpaired) electrons. The van der Waals surface area contributed by atoms with Crippen LogP contribution in [-0.4, -0.2) is 33.0 Å². The maximum atomic E-state index is 6.30. The lowest BCUT2D eigenvalue weighted by molar-refractivity contribution is 0.223. The average molecular weight is 327 g/mol. The Kier molecular flexibility index (Phi) is 5.26. The van der Waals surface area contributed by atoms with E-state index in [2.05, 4.69) is 21.0 Å². The highest BCUT2D eigenvalue weighted by Gasteiger charge is 2.13. The second-order valence-electron chi connectivity index (χ2n) is 4.77. The summed E-state index contributed by atoms with van der Waals surface area (Å²) < 4.78 is 11.3. The van der Waals surface area contributed by atoms with Crippen LogP contribution in [-0.2, 0) is 6.54 Å². The summed E-state index contributed by atoms with van der Waals surface area (Å²) in [6, 6.07) is 3.57. The lowest BCUT2D eigenvalue weighted by Crippen LogP contribution is -2.18. The minimum atomic E-state index is 0.0280. The topological polar surface area (TPSA) is 100 Å². The summed E-state index contributed by atoms with van der Waals surface area (Å²) in [5.74, 6) is 1.43. The Balaban J connectivity index is 2.20. The Bertz CT molecular complexity index is 631. The zero-order valence-corrected chi connectivity index (χ0v) is 13.5. The molecule has 1 aromatic heterocycles. The van der Waals surface area contributed by atoms with Crippen molar-refractivity contribution in [3.05, 3.63) is 22.7 Å². The van der Waals surface area contributed by atoms with Gasteiger partial charge in [0.2, 0.25) is 0 Å². The molecule has 0 spiro atoms. The van der Waals surface area contributed by atoms with E-state index < -0.39 is 0 Å². The first-order valence-electron chi connectivity index (χ1n) is 6.90. The van der Waals surface area contributed by atoms with Crippen LogP contribution >= 0.6 is 11.6 Å². The number of nitrogens with two attached hydrogens (primary N) is 1. The van der Waals surface area contributed by atoms with Gasteiger partial charge in [-0.05, 0) is 42.8 Å². The molecule has 0 unspecified atom stereocenters. The number of hydrogen-bond acceptors (Lipinski definition) is 7. The Morgan fingerprint density at radius 3 is 2.73 bits per heavy atom. The van der Waals surface area contributed by atoms with Gasteiger partial charge in [0.15, 0.2) is 11.5 Å². The van der Waals surface area contributed by atoms with E-state index in [4.69, 9.17) is 26.8 Å². The van der Waals surface area contributed by atoms with Gasteiger partial charge >= 0.3 is 0 Å². The second-order valence-corrected chi connectivity index (χ2v) is 5.18. The first-order chi connectivity index (χ1) is 10.5. The first kappa shape index (κ1) is 16.2. The summed E-state index contributed by atoms with van der Waals surface area (Å²) in [5, 5.41) is 11.3. The Labute approximate surface area is 133 Å². The van der Waals surface area contributed by atoms with E-state index in [0.29, 0.717) is 29.7 Å². The summed E-state index contributed by atoms with van der Waals surface area (Å²) in [5.41, 5.74) is 9.36. The van der Waals surface area contributed by atoms with Gasteiger partial charge < -0.3 is 20.6 Å². The number of ether oxygens (including phenoxy) is 2. The summed E-state index contributed by atoms with van der Waals surface area (Å²) in [6.07, 6.45) is 0.0280. The van der Waals surface area contributed by atoms with Crippen LogP contribution in [0.3, 0.4) is 0 Å². The van der Waals surface area contributed by atoms with Gasteiger partial charge in [0.25, 0.3) is 5.95 Å². The van der Waals surface area contributed by atoms with Crippen molar-refractivity contribution in [1.29, 1.82) is 0 Å². The summed E-state index contributed by atoms with van der Waals surface area (Å²) >= 11 is 6.30. The Hall–Kier alpha value is -2.22. The van der Waals surface area contributed by atoms with Gasteiger partial charge in [0.1, 0.15) is 0 Å². The normalized spacial score (nSPS) is 10.8. The molecule has 1 heterocycles. The molecule has 0 aliphatic heterocycles. The van der Waals surface area contributed by atoms with Crippen molar-refractivity contribution in [2.24, 2.45) is 0 Å². The maximum absolute atomic E-state index is 6.30. The number of anilines is 1. The number of halogens is 1. The van der Waals surface area contributed by atoms with Gasteiger partial charge in [-0.25, -0.2) is 0 Å². The third-order valence-electron chi connectivity index (χ3n) is 2.69. The highest BCUT2D eigenvalue weighted by Crippen LogP contribution is 2.34. The van der Waals surface area contributed by atoms with Crippen molar-refractivity contribution >= 4 is 17.5 Å². The number of tetrazole rings is 1. The molecule has 3 N–H and O–H groups in total. The number of benzene rings is 1. The molecule has 0 saturated carbocycles. The predicted molar refractivity (Wildman–Crippen MR) is 83.7 cm³/mol. The lowest BCUT2D eigenvalue weighted by atomic mass is 10.2. The number of aromatic nitrogens is 4. The summed E-state index contributed by atoms with van der Waals surface area (Å²) in [6.45, 7) is 6.71. The molecular formula is C13H19ClN6O2. The number of nitrogen functional groups attached to an aromatic ring is 1. The van der Waals surface area contributed by atoms with Gasteiger partial charge in [-0.3, -0.25) is 0 Å². The second kappa shape index (κ2) is 7.17. The molecule has 0 amide bonds. The van der Waals surface area contributed by atoms with Gasteiger partial charge in [-0.1, -0.05) is 16.7 Å². The minimum absolute atomic E-state index is 0.0280. The SMILES string of the molecule is CCOc1cc(CNn2nnnc2N)c(Cl)cc1OC(C)C. The highest BCUT2D eigenvalue weighted by molar-refractivity contribution is 6.31. The van der Waals surface area contributed by atoms with Crippen molar-refractivity contribution in [2.45, 2.75) is 33.4 Å². The summed E-state index contributed by atoms with van der Waals surface area (Å²) in [7, 11) is 0. The monoisotopic (exact) mass is 326 g/mol. The van der Waals surface area contributed by atoms with Gasteiger partial charge in [-0.2, -0.15) is 0 Å². The fraction of sp³-hybridized carbons (Fsp3) is 0.462. The molecular weight excluding hydrogens is 308 g/mol. The quantitative estimate of drug-likeness (QED) is 0.800. The van der Waals surface area contributed by atoms with Crippen molar-refractivity contribution < 1.29 is 9.47 Å². The van der Waals surface area contributed by atoms with Crippen molar-refractivity contribution in [2.75, 3.05) is 17.8 Å². The van der Waals surface area contributed by atoms with Crippen LogP contribution in [0, 0.1) is 0 Å². The first-order valence-corrected chi connectivity index (χ1v) is 7.28. The van der Waals surface area contributed by atoms with Crippen LogP contribution in [0.15, 0.2) is 12.1 Å². The molecule has 0 atom stereocenters. The lowest BCUT2D eigenvalue weighted by Gasteiger charge is -2.17. The molecule has 120 valence electrons. The van der Waals surface area contributed by atoms with Crippen molar-refractivity contribution in [3.63, 3.8) is 0 Å². The van der Waals surface area contributed by atoms with Crippen molar-refractivity contribution in [3.8, 4) is 11.5 Å². The van der Waals surface area contributed by atoms with Crippen LogP contribution in [0.25, 0.3) is 0 Å². The molecule has 8 nitrogen and oxygen atoms in total. The van der Waals surface area contributed by atoms with Crippen LogP contribution in [0.2, 0.25) is 5.02 Å². The van der Waals surface area contributed by atoms with E-state index in [1.54, 1.807) is 6.07 Å². The standard InChI is InChI=1S/C13H19ClN6O2/c1-4-21-11-5-9(7-16-20-13(15)17-18-19-20)10(14)6-12(11)22-8(2)3/h5-6,8,16H,4,7H2,1-3H3,(H2,15,17,19). The van der Waals surface area contributed by atoms with E-state index in [0.717, 1.165) is 5.56 Å². The smallest absolute Gasteiger partial charge is 0.260 e. The van der Waals surface area contributed by atoms with E-state index in [-0.39, 0.29) is 12.1 Å². The molecule has 9 heteroatoms. The van der Waals surface area contributed by atoms with Crippen molar-refractivity contribution in [1.82, 2.24) is 20.3 Å². The average Bonchev–Trinajstić information content (AvgIpc) is 2.85. The number of rotatable bonds is 7. The van der Waals surface area contributed by atoms with E-state index in [1.807, 2.05) is 26.8 Å². The molecule has 0 saturated heterocycles. The fourth-order valence-electron chi connectivity index (χ4n) is 1.79. The van der Waals surface area contributed by atoms with Crippen LogP contribution < -0.4 is 20.6 Å². The van der Waals surface area contributed by atoms with E-state index in [9.17, 15) is 0 Å². The molecule has 22 heavy (non-hydrogen) atoms. The molecule has 0 fully saturated rings. The number of hydrogen-bond donors (Lipinski definition) is 2. The largest absolute Gasteiger partial charge is 0.490 e. The van der Waals surface area contributed by atoms with Crippen LogP contribution in [0.5, 0.6) is 11.5 Å². The van der Waals surface area contributed by atoms with Crippen LogP contribution in [0.4, 0.5) is 5.95 Å². The molecule has 1 aromatic carbocycles. The van der Waals surface area contributed by atoms with Gasteiger partial charge in [0, 0.05) is 11.1 Å². The molecule has 0 aliphatic rings. The highest BCUT2D eigenvalue weighted by atomic mass is 35.5. The Morgan fingerprint density at radius 1 is 1.36 bits per heavy atom. The zero-order valence-electron chi connectivity index (χ0n) is 12.7. The van der Waals surface area contributed by atoms with Gasteiger partial charge in [0.05, 0.1) is 19.3 Å². The zero-order chi connectivity index (χ0) is 16.1. The minimum Gasteiger partial charge on any atom is -0.490 e. The summed E-state index contributed by atoms with van der Waals surface area (Å²) in [4.78, 5) is 1.27. The maximum Gasteiger partial charge on any atom is 0.260 e. The van der Waals surface area contributed by atoms with E-state index in [1.165, 1.54) is 4.79 Å². The van der Waals surface area contributed by atoms with Crippen LogP contribution in [0.1, 0.15) is 26.3 Å². The third kappa shape index (κ3) is 3.91. The number of nitrogens with one attached hydrogen (secondary N) is 1. The predicted octanol–water partition coefficient (Wildman–Crippen LogP) is 1.84. The fourth-order valence-corrected chi connectivity index (χ4v) is 2.01. The molecule has 0 aliphatic carbocycles. The molecule has 2 rings (SSSR count). The number of nitrogens with zero attached hydrogens (tertiary/aromatic N) is 4.